The number of hydrogen-bond donors (Lipinski definition) is 1. The molecule has 0 saturated heterocycles. The van der Waals surface area contributed by atoms with Crippen LogP contribution < -0.4 is 4.74 Å². The molecule has 0 aliphatic carbocycles. The van der Waals surface area contributed by atoms with Crippen LogP contribution >= 0.6 is 27.3 Å². The molecule has 0 aliphatic heterocycles. The van der Waals surface area contributed by atoms with Gasteiger partial charge in [0.05, 0.1) is 5.01 Å². The number of ether oxygens (including phenoxy) is 1. The highest BCUT2D eigenvalue weighted by atomic mass is 79.9. The predicted octanol–water partition coefficient (Wildman–Crippen LogP) is 5.08. The molecule has 0 amide bonds. The van der Waals surface area contributed by atoms with Gasteiger partial charge in [0, 0.05) is 27.4 Å². The van der Waals surface area contributed by atoms with Gasteiger partial charge in [0.1, 0.15) is 12.4 Å². The fourth-order valence-electron chi connectivity index (χ4n) is 2.41. The van der Waals surface area contributed by atoms with Gasteiger partial charge in [-0.1, -0.05) is 51.8 Å². The molecule has 3 aromatic rings. The first-order valence-corrected chi connectivity index (χ1v) is 9.33. The van der Waals surface area contributed by atoms with E-state index < -0.39 is 5.97 Å². The fraction of sp³-hybridized carbons (Fsp3) is 0.158. The van der Waals surface area contributed by atoms with Crippen molar-refractivity contribution in [2.75, 3.05) is 0 Å². The van der Waals surface area contributed by atoms with Crippen LogP contribution in [0.5, 0.6) is 5.75 Å². The van der Waals surface area contributed by atoms with E-state index in [1.54, 1.807) is 5.38 Å². The maximum Gasteiger partial charge on any atom is 0.355 e. The minimum Gasteiger partial charge on any atom is -0.489 e. The van der Waals surface area contributed by atoms with E-state index >= 15 is 0 Å². The number of aryl methyl sites for hydroxylation is 1. The largest absolute Gasteiger partial charge is 0.489 e. The number of carboxylic acids is 1. The van der Waals surface area contributed by atoms with Crippen molar-refractivity contribution >= 4 is 33.2 Å². The molecule has 25 heavy (non-hydrogen) atoms. The summed E-state index contributed by atoms with van der Waals surface area (Å²) in [6.07, 6.45) is 0.547. The highest BCUT2D eigenvalue weighted by Crippen LogP contribution is 2.26. The third-order valence-corrected chi connectivity index (χ3v) is 5.29. The van der Waals surface area contributed by atoms with E-state index in [0.717, 1.165) is 31.9 Å². The predicted molar refractivity (Wildman–Crippen MR) is 102 cm³/mol. The number of halogens is 1. The Morgan fingerprint density at radius 1 is 1.24 bits per heavy atom. The number of thiazole rings is 1. The van der Waals surface area contributed by atoms with Crippen molar-refractivity contribution in [3.8, 4) is 5.75 Å². The van der Waals surface area contributed by atoms with Crippen molar-refractivity contribution in [1.29, 1.82) is 0 Å². The van der Waals surface area contributed by atoms with E-state index in [1.807, 2.05) is 43.3 Å². The third-order valence-electron chi connectivity index (χ3n) is 3.67. The zero-order valence-electron chi connectivity index (χ0n) is 13.5. The quantitative estimate of drug-likeness (QED) is 0.607. The summed E-state index contributed by atoms with van der Waals surface area (Å²) in [6.45, 7) is 2.47. The molecule has 1 N–H and O–H groups in total. The van der Waals surface area contributed by atoms with Gasteiger partial charge in [-0.25, -0.2) is 9.78 Å². The van der Waals surface area contributed by atoms with Crippen molar-refractivity contribution in [2.45, 2.75) is 20.0 Å². The molecule has 1 heterocycles. The molecule has 0 aliphatic rings. The zero-order valence-corrected chi connectivity index (χ0v) is 15.9. The van der Waals surface area contributed by atoms with Crippen LogP contribution in [0.3, 0.4) is 0 Å². The Morgan fingerprint density at radius 3 is 2.76 bits per heavy atom. The Morgan fingerprint density at radius 2 is 2.04 bits per heavy atom. The van der Waals surface area contributed by atoms with Crippen molar-refractivity contribution < 1.29 is 14.6 Å². The molecular weight excluding hydrogens is 402 g/mol. The molecular formula is C19H16BrNO3S. The first-order chi connectivity index (χ1) is 12.0. The summed E-state index contributed by atoms with van der Waals surface area (Å²) in [6, 6.07) is 13.9. The van der Waals surface area contributed by atoms with Gasteiger partial charge in [0.25, 0.3) is 0 Å². The van der Waals surface area contributed by atoms with E-state index in [0.29, 0.717) is 13.0 Å². The summed E-state index contributed by atoms with van der Waals surface area (Å²) in [5.74, 6) is -0.217. The summed E-state index contributed by atoms with van der Waals surface area (Å²) < 4.78 is 7.02. The van der Waals surface area contributed by atoms with E-state index in [1.165, 1.54) is 11.3 Å². The average molecular weight is 418 g/mol. The normalized spacial score (nSPS) is 10.6. The van der Waals surface area contributed by atoms with Gasteiger partial charge in [-0.2, -0.15) is 0 Å². The van der Waals surface area contributed by atoms with Crippen molar-refractivity contribution in [1.82, 2.24) is 4.98 Å². The number of hydrogen-bond acceptors (Lipinski definition) is 4. The SMILES string of the molecule is Cc1ccc(OCc2ccccc2Br)c(Cc2nc(C(=O)O)cs2)c1. The van der Waals surface area contributed by atoms with Crippen LogP contribution in [0.15, 0.2) is 52.3 Å². The molecule has 6 heteroatoms. The summed E-state index contributed by atoms with van der Waals surface area (Å²) in [5, 5.41) is 11.3. The van der Waals surface area contributed by atoms with Gasteiger partial charge < -0.3 is 9.84 Å². The minimum absolute atomic E-state index is 0.0864. The molecule has 2 aromatic carbocycles. The highest BCUT2D eigenvalue weighted by Gasteiger charge is 2.12. The zero-order chi connectivity index (χ0) is 17.8. The molecule has 0 atom stereocenters. The molecule has 0 spiro atoms. The van der Waals surface area contributed by atoms with Crippen LogP contribution in [0.4, 0.5) is 0 Å². The summed E-state index contributed by atoms with van der Waals surface area (Å²) in [7, 11) is 0. The van der Waals surface area contributed by atoms with E-state index in [9.17, 15) is 4.79 Å². The van der Waals surface area contributed by atoms with Crippen LogP contribution in [0.2, 0.25) is 0 Å². The van der Waals surface area contributed by atoms with E-state index in [4.69, 9.17) is 9.84 Å². The Balaban J connectivity index is 1.80. The number of carbonyl (C=O) groups is 1. The number of aromatic carboxylic acids is 1. The van der Waals surface area contributed by atoms with Gasteiger partial charge in [0.2, 0.25) is 0 Å². The molecule has 4 nitrogen and oxygen atoms in total. The van der Waals surface area contributed by atoms with E-state index in [-0.39, 0.29) is 5.69 Å². The fourth-order valence-corrected chi connectivity index (χ4v) is 3.60. The second-order valence-electron chi connectivity index (χ2n) is 5.60. The lowest BCUT2D eigenvalue weighted by Crippen LogP contribution is -2.01. The van der Waals surface area contributed by atoms with Crippen LogP contribution in [-0.4, -0.2) is 16.1 Å². The van der Waals surface area contributed by atoms with Crippen LogP contribution in [0, 0.1) is 6.92 Å². The maximum absolute atomic E-state index is 11.0. The van der Waals surface area contributed by atoms with Crippen molar-refractivity contribution in [3.63, 3.8) is 0 Å². The number of benzene rings is 2. The standard InChI is InChI=1S/C19H16BrNO3S/c1-12-6-7-17(24-10-13-4-2-3-5-15(13)20)14(8-12)9-18-21-16(11-25-18)19(22)23/h2-8,11H,9-10H2,1H3,(H,22,23). The lowest BCUT2D eigenvalue weighted by Gasteiger charge is -2.12. The van der Waals surface area contributed by atoms with Gasteiger partial charge in [-0.05, 0) is 19.1 Å². The summed E-state index contributed by atoms with van der Waals surface area (Å²) >= 11 is 4.88. The average Bonchev–Trinajstić information content (AvgIpc) is 3.04. The van der Waals surface area contributed by atoms with Gasteiger partial charge in [-0.3, -0.25) is 0 Å². The number of carboxylic acid groups (broad SMARTS) is 1. The molecule has 0 bridgehead atoms. The molecule has 3 rings (SSSR count). The number of rotatable bonds is 6. The van der Waals surface area contributed by atoms with E-state index in [2.05, 4.69) is 27.0 Å². The Labute approximate surface area is 158 Å². The Bertz CT molecular complexity index is 907. The molecule has 0 unspecified atom stereocenters. The monoisotopic (exact) mass is 417 g/mol. The molecule has 0 radical (unpaired) electrons. The first kappa shape index (κ1) is 17.6. The Hall–Kier alpha value is -2.18. The summed E-state index contributed by atoms with van der Waals surface area (Å²) in [4.78, 5) is 15.2. The van der Waals surface area contributed by atoms with Gasteiger partial charge in [0.15, 0.2) is 5.69 Å². The minimum atomic E-state index is -1.00. The van der Waals surface area contributed by atoms with Gasteiger partial charge in [-0.15, -0.1) is 11.3 Å². The number of nitrogens with zero attached hydrogens (tertiary/aromatic N) is 1. The molecule has 128 valence electrons. The van der Waals surface area contributed by atoms with Gasteiger partial charge >= 0.3 is 5.97 Å². The molecule has 0 saturated carbocycles. The first-order valence-electron chi connectivity index (χ1n) is 7.66. The third kappa shape index (κ3) is 4.46. The lowest BCUT2D eigenvalue weighted by molar-refractivity contribution is 0.0691. The summed E-state index contributed by atoms with van der Waals surface area (Å²) in [5.41, 5.74) is 3.27. The second kappa shape index (κ2) is 7.80. The molecule has 1 aromatic heterocycles. The van der Waals surface area contributed by atoms with Crippen LogP contribution in [-0.2, 0) is 13.0 Å². The Kier molecular flexibility index (Phi) is 5.50. The second-order valence-corrected chi connectivity index (χ2v) is 7.40. The van der Waals surface area contributed by atoms with Crippen molar-refractivity contribution in [2.24, 2.45) is 0 Å². The maximum atomic E-state index is 11.0. The molecule has 0 fully saturated rings. The highest BCUT2D eigenvalue weighted by molar-refractivity contribution is 9.10. The lowest BCUT2D eigenvalue weighted by atomic mass is 10.1. The van der Waals surface area contributed by atoms with Crippen LogP contribution in [0.1, 0.15) is 32.2 Å². The topological polar surface area (TPSA) is 59.4 Å². The number of aromatic nitrogens is 1. The smallest absolute Gasteiger partial charge is 0.355 e. The van der Waals surface area contributed by atoms with Crippen molar-refractivity contribution in [3.05, 3.63) is 79.7 Å². The van der Waals surface area contributed by atoms with Crippen LogP contribution in [0.25, 0.3) is 0 Å².